The molecule has 0 saturated carbocycles. The molecule has 1 aromatic heterocycles. The number of thiophene rings is 1. The fraction of sp³-hybridized carbons (Fsp3) is 0.154. The number of benzene rings is 1. The van der Waals surface area contributed by atoms with Gasteiger partial charge in [-0.15, -0.1) is 11.3 Å². The second kappa shape index (κ2) is 6.87. The molecule has 0 atom stereocenters. The van der Waals surface area contributed by atoms with Crippen LogP contribution in [0, 0.1) is 0 Å². The van der Waals surface area contributed by atoms with Crippen LogP contribution in [0.2, 0.25) is 9.36 Å². The minimum atomic E-state index is -3.82. The van der Waals surface area contributed by atoms with Crippen LogP contribution < -0.4 is 4.72 Å². The Balaban J connectivity index is 2.26. The highest BCUT2D eigenvalue weighted by molar-refractivity contribution is 7.94. The second-order valence-electron chi connectivity index (χ2n) is 4.09. The van der Waals surface area contributed by atoms with Crippen LogP contribution in [0.5, 0.6) is 0 Å². The second-order valence-corrected chi connectivity index (χ2v) is 8.06. The van der Waals surface area contributed by atoms with Crippen LogP contribution in [-0.2, 0) is 14.8 Å². The molecule has 0 spiro atoms. The average molecular weight is 380 g/mol. The molecule has 2 rings (SSSR count). The zero-order valence-electron chi connectivity index (χ0n) is 11.3. The summed E-state index contributed by atoms with van der Waals surface area (Å²) in [4.78, 5) is 11.6. The molecular weight excluding hydrogens is 369 g/mol. The third kappa shape index (κ3) is 3.92. The predicted octanol–water partition coefficient (Wildman–Crippen LogP) is 4.03. The average Bonchev–Trinajstić information content (AvgIpc) is 2.80. The molecule has 22 heavy (non-hydrogen) atoms. The van der Waals surface area contributed by atoms with E-state index in [1.165, 1.54) is 24.3 Å². The Labute approximate surface area is 141 Å². The van der Waals surface area contributed by atoms with Gasteiger partial charge in [-0.1, -0.05) is 29.3 Å². The summed E-state index contributed by atoms with van der Waals surface area (Å²) in [7, 11) is -3.82. The van der Waals surface area contributed by atoms with E-state index in [0.29, 0.717) is 0 Å². The lowest BCUT2D eigenvalue weighted by Gasteiger charge is -2.08. The van der Waals surface area contributed by atoms with Crippen molar-refractivity contribution in [1.29, 1.82) is 0 Å². The lowest BCUT2D eigenvalue weighted by atomic mass is 10.2. The summed E-state index contributed by atoms with van der Waals surface area (Å²) < 4.78 is 31.9. The van der Waals surface area contributed by atoms with Crippen LogP contribution in [0.15, 0.2) is 34.5 Å². The maximum absolute atomic E-state index is 12.2. The highest BCUT2D eigenvalue weighted by Gasteiger charge is 2.20. The Hall–Kier alpha value is -1.28. The summed E-state index contributed by atoms with van der Waals surface area (Å²) in [5, 5.41) is 0.173. The third-order valence-electron chi connectivity index (χ3n) is 2.51. The van der Waals surface area contributed by atoms with Crippen molar-refractivity contribution >= 4 is 56.2 Å². The number of sulfonamides is 1. The van der Waals surface area contributed by atoms with Gasteiger partial charge in [-0.3, -0.25) is 4.72 Å². The summed E-state index contributed by atoms with van der Waals surface area (Å²) in [6.07, 6.45) is 0. The van der Waals surface area contributed by atoms with Gasteiger partial charge in [-0.2, -0.15) is 0 Å². The first kappa shape index (κ1) is 17.1. The summed E-state index contributed by atoms with van der Waals surface area (Å²) >= 11 is 12.4. The van der Waals surface area contributed by atoms with Gasteiger partial charge >= 0.3 is 5.97 Å². The molecule has 0 fully saturated rings. The number of halogens is 2. The highest BCUT2D eigenvalue weighted by atomic mass is 35.5. The molecule has 9 heteroatoms. The normalized spacial score (nSPS) is 11.2. The van der Waals surface area contributed by atoms with E-state index in [2.05, 4.69) is 4.72 Å². The zero-order chi connectivity index (χ0) is 16.3. The smallest absolute Gasteiger partial charge is 0.338 e. The number of carbonyl (C=O) groups is 1. The van der Waals surface area contributed by atoms with E-state index >= 15 is 0 Å². The van der Waals surface area contributed by atoms with Crippen LogP contribution in [-0.4, -0.2) is 21.0 Å². The number of anilines is 1. The minimum absolute atomic E-state index is 0.0102. The maximum atomic E-state index is 12.2. The molecule has 5 nitrogen and oxygen atoms in total. The fourth-order valence-corrected chi connectivity index (χ4v) is 4.52. The van der Waals surface area contributed by atoms with Crippen molar-refractivity contribution in [2.45, 2.75) is 11.1 Å². The molecule has 0 bridgehead atoms. The molecule has 0 aliphatic heterocycles. The van der Waals surface area contributed by atoms with Crippen molar-refractivity contribution in [3.8, 4) is 0 Å². The molecule has 0 saturated heterocycles. The molecule has 118 valence electrons. The van der Waals surface area contributed by atoms with E-state index in [9.17, 15) is 13.2 Å². The van der Waals surface area contributed by atoms with Crippen molar-refractivity contribution < 1.29 is 17.9 Å². The molecule has 1 heterocycles. The molecular formula is C13H11Cl2NO4S2. The van der Waals surface area contributed by atoms with Crippen molar-refractivity contribution in [3.05, 3.63) is 45.3 Å². The van der Waals surface area contributed by atoms with Crippen LogP contribution in [0.1, 0.15) is 17.3 Å². The van der Waals surface area contributed by atoms with Crippen LogP contribution >= 0.6 is 34.5 Å². The molecule has 0 aliphatic carbocycles. The molecule has 0 radical (unpaired) electrons. The first-order valence-corrected chi connectivity index (χ1v) is 9.14. The standard InChI is InChI=1S/C13H11Cl2NO4S2/c1-2-20-13(17)8-4-3-5-9(6-8)16-22(18,19)11-7-10(14)12(15)21-11/h3-7,16H,2H2,1H3. The van der Waals surface area contributed by atoms with Gasteiger partial charge in [0.15, 0.2) is 0 Å². The summed E-state index contributed by atoms with van der Waals surface area (Å²) in [5.74, 6) is -0.522. The largest absolute Gasteiger partial charge is 0.462 e. The lowest BCUT2D eigenvalue weighted by Crippen LogP contribution is -2.12. The first-order valence-electron chi connectivity index (χ1n) is 6.08. The summed E-state index contributed by atoms with van der Waals surface area (Å²) in [6, 6.07) is 7.28. The van der Waals surface area contributed by atoms with E-state index in [4.69, 9.17) is 27.9 Å². The van der Waals surface area contributed by atoms with Crippen LogP contribution in [0.3, 0.4) is 0 Å². The van der Waals surface area contributed by atoms with Gasteiger partial charge in [0.2, 0.25) is 0 Å². The van der Waals surface area contributed by atoms with E-state index in [1.807, 2.05) is 0 Å². The number of carbonyl (C=O) groups excluding carboxylic acids is 1. The van der Waals surface area contributed by atoms with Crippen molar-refractivity contribution in [2.75, 3.05) is 11.3 Å². The van der Waals surface area contributed by atoms with Gasteiger partial charge < -0.3 is 4.74 Å². The van der Waals surface area contributed by atoms with Gasteiger partial charge in [-0.25, -0.2) is 13.2 Å². The van der Waals surface area contributed by atoms with Crippen LogP contribution in [0.4, 0.5) is 5.69 Å². The number of esters is 1. The van der Waals surface area contributed by atoms with E-state index < -0.39 is 16.0 Å². The quantitative estimate of drug-likeness (QED) is 0.795. The molecule has 1 N–H and O–H groups in total. The topological polar surface area (TPSA) is 72.5 Å². The SMILES string of the molecule is CCOC(=O)c1cccc(NS(=O)(=O)c2cc(Cl)c(Cl)s2)c1. The van der Waals surface area contributed by atoms with Gasteiger partial charge in [0.05, 0.1) is 17.2 Å². The monoisotopic (exact) mass is 379 g/mol. The number of hydrogen-bond donors (Lipinski definition) is 1. The van der Waals surface area contributed by atoms with Gasteiger partial charge in [-0.05, 0) is 31.2 Å². The molecule has 2 aromatic rings. The van der Waals surface area contributed by atoms with Gasteiger partial charge in [0, 0.05) is 5.69 Å². The molecule has 1 aromatic carbocycles. The number of nitrogens with one attached hydrogen (secondary N) is 1. The summed E-state index contributed by atoms with van der Waals surface area (Å²) in [5.41, 5.74) is 0.496. The Bertz CT molecular complexity index is 783. The van der Waals surface area contributed by atoms with Crippen molar-refractivity contribution in [1.82, 2.24) is 0 Å². The molecule has 0 amide bonds. The minimum Gasteiger partial charge on any atom is -0.462 e. The summed E-state index contributed by atoms with van der Waals surface area (Å²) in [6.45, 7) is 1.93. The van der Waals surface area contributed by atoms with E-state index in [1.54, 1.807) is 13.0 Å². The highest BCUT2D eigenvalue weighted by Crippen LogP contribution is 2.35. The lowest BCUT2D eigenvalue weighted by molar-refractivity contribution is 0.0526. The number of rotatable bonds is 5. The van der Waals surface area contributed by atoms with Crippen molar-refractivity contribution in [2.24, 2.45) is 0 Å². The number of ether oxygens (including phenoxy) is 1. The Morgan fingerprint density at radius 3 is 2.64 bits per heavy atom. The number of hydrogen-bond acceptors (Lipinski definition) is 5. The fourth-order valence-electron chi connectivity index (χ4n) is 1.59. The molecule has 0 unspecified atom stereocenters. The zero-order valence-corrected chi connectivity index (χ0v) is 14.4. The third-order valence-corrected chi connectivity index (χ3v) is 6.23. The Morgan fingerprint density at radius 2 is 2.05 bits per heavy atom. The Kier molecular flexibility index (Phi) is 5.33. The predicted molar refractivity (Wildman–Crippen MR) is 87.5 cm³/mol. The van der Waals surface area contributed by atoms with Crippen LogP contribution in [0.25, 0.3) is 0 Å². The van der Waals surface area contributed by atoms with E-state index in [0.717, 1.165) is 11.3 Å². The molecule has 0 aliphatic rings. The Morgan fingerprint density at radius 1 is 1.32 bits per heavy atom. The van der Waals surface area contributed by atoms with Gasteiger partial charge in [0.25, 0.3) is 10.0 Å². The van der Waals surface area contributed by atoms with Crippen molar-refractivity contribution in [3.63, 3.8) is 0 Å². The first-order chi connectivity index (χ1) is 10.3. The van der Waals surface area contributed by atoms with Gasteiger partial charge in [0.1, 0.15) is 8.55 Å². The maximum Gasteiger partial charge on any atom is 0.338 e. The van der Waals surface area contributed by atoms with E-state index in [-0.39, 0.29) is 31.4 Å².